The van der Waals surface area contributed by atoms with Gasteiger partial charge in [0.25, 0.3) is 5.91 Å². The number of rotatable bonds is 8. The zero-order chi connectivity index (χ0) is 25.7. The van der Waals surface area contributed by atoms with Crippen LogP contribution in [-0.2, 0) is 4.79 Å². The number of ether oxygens (including phenoxy) is 1. The standard InChI is InChI=1S/C25H20Cl3N5O2S/c1-15(21-12-7-18(27)13-22(21)28)29-30-23(34)14-36-25-32-31-24(16-3-10-20(35-2)11-4-16)33(25)19-8-5-17(26)6-9-19/h3-13H,14H2,1-2H3,(H,30,34). The van der Waals surface area contributed by atoms with Crippen LogP contribution < -0.4 is 10.2 Å². The van der Waals surface area contributed by atoms with E-state index >= 15 is 0 Å². The van der Waals surface area contributed by atoms with E-state index in [4.69, 9.17) is 39.5 Å². The molecule has 0 aliphatic heterocycles. The number of carbonyl (C=O) groups is 1. The average Bonchev–Trinajstić information content (AvgIpc) is 3.30. The molecule has 0 fully saturated rings. The molecular formula is C25H20Cl3N5O2S. The second-order valence-electron chi connectivity index (χ2n) is 7.49. The molecule has 0 aliphatic carbocycles. The van der Waals surface area contributed by atoms with Gasteiger partial charge in [-0.3, -0.25) is 9.36 Å². The first-order valence-electron chi connectivity index (χ1n) is 10.6. The van der Waals surface area contributed by atoms with E-state index in [0.29, 0.717) is 37.3 Å². The third-order valence-electron chi connectivity index (χ3n) is 5.07. The van der Waals surface area contributed by atoms with Crippen LogP contribution in [0, 0.1) is 0 Å². The molecule has 1 aromatic heterocycles. The number of carbonyl (C=O) groups excluding carboxylic acids is 1. The maximum atomic E-state index is 12.5. The maximum absolute atomic E-state index is 12.5. The monoisotopic (exact) mass is 559 g/mol. The minimum atomic E-state index is -0.305. The molecule has 0 spiro atoms. The molecule has 3 aromatic carbocycles. The number of thioether (sulfide) groups is 1. The van der Waals surface area contributed by atoms with Gasteiger partial charge in [0, 0.05) is 26.9 Å². The molecule has 0 aliphatic rings. The van der Waals surface area contributed by atoms with E-state index in [2.05, 4.69) is 20.7 Å². The lowest BCUT2D eigenvalue weighted by Gasteiger charge is -2.11. The predicted molar refractivity (Wildman–Crippen MR) is 146 cm³/mol. The third-order valence-corrected chi connectivity index (χ3v) is 6.80. The summed E-state index contributed by atoms with van der Waals surface area (Å²) >= 11 is 19.5. The van der Waals surface area contributed by atoms with E-state index in [9.17, 15) is 4.79 Å². The number of nitrogens with zero attached hydrogens (tertiary/aromatic N) is 4. The number of hydrogen-bond acceptors (Lipinski definition) is 6. The Hall–Kier alpha value is -3.04. The van der Waals surface area contributed by atoms with Crippen molar-refractivity contribution >= 4 is 58.2 Å². The summed E-state index contributed by atoms with van der Waals surface area (Å²) in [6.07, 6.45) is 0. The van der Waals surface area contributed by atoms with Gasteiger partial charge in [-0.1, -0.05) is 52.6 Å². The molecular weight excluding hydrogens is 541 g/mol. The highest BCUT2D eigenvalue weighted by Gasteiger charge is 2.18. The molecule has 4 aromatic rings. The van der Waals surface area contributed by atoms with Gasteiger partial charge in [0.15, 0.2) is 11.0 Å². The summed E-state index contributed by atoms with van der Waals surface area (Å²) in [6, 6.07) is 19.9. The lowest BCUT2D eigenvalue weighted by molar-refractivity contribution is -0.118. The van der Waals surface area contributed by atoms with Crippen molar-refractivity contribution in [2.45, 2.75) is 12.1 Å². The minimum absolute atomic E-state index is 0.0689. The Morgan fingerprint density at radius 3 is 2.36 bits per heavy atom. The fourth-order valence-electron chi connectivity index (χ4n) is 3.27. The van der Waals surface area contributed by atoms with Crippen LogP contribution in [0.3, 0.4) is 0 Å². The summed E-state index contributed by atoms with van der Waals surface area (Å²) in [5.41, 5.74) is 5.45. The molecule has 1 amide bonds. The predicted octanol–water partition coefficient (Wildman–Crippen LogP) is 6.54. The lowest BCUT2D eigenvalue weighted by atomic mass is 10.1. The fourth-order valence-corrected chi connectivity index (χ4v) is 4.68. The molecule has 11 heteroatoms. The van der Waals surface area contributed by atoms with Crippen molar-refractivity contribution in [1.29, 1.82) is 0 Å². The first-order chi connectivity index (χ1) is 17.4. The van der Waals surface area contributed by atoms with E-state index in [-0.39, 0.29) is 11.7 Å². The Balaban J connectivity index is 1.53. The van der Waals surface area contributed by atoms with Gasteiger partial charge >= 0.3 is 0 Å². The highest BCUT2D eigenvalue weighted by atomic mass is 35.5. The van der Waals surface area contributed by atoms with Crippen LogP contribution in [0.2, 0.25) is 15.1 Å². The number of amides is 1. The van der Waals surface area contributed by atoms with Crippen molar-refractivity contribution < 1.29 is 9.53 Å². The molecule has 0 saturated carbocycles. The van der Waals surface area contributed by atoms with Crippen LogP contribution in [0.4, 0.5) is 0 Å². The molecule has 0 atom stereocenters. The number of aromatic nitrogens is 3. The van der Waals surface area contributed by atoms with Crippen molar-refractivity contribution in [2.24, 2.45) is 5.10 Å². The zero-order valence-corrected chi connectivity index (χ0v) is 22.3. The van der Waals surface area contributed by atoms with Crippen molar-refractivity contribution in [3.63, 3.8) is 0 Å². The van der Waals surface area contributed by atoms with Gasteiger partial charge in [-0.05, 0) is 67.6 Å². The Labute approximate surface area is 227 Å². The van der Waals surface area contributed by atoms with Gasteiger partial charge in [-0.25, -0.2) is 5.43 Å². The number of halogens is 3. The third kappa shape index (κ3) is 6.20. The highest BCUT2D eigenvalue weighted by molar-refractivity contribution is 7.99. The second-order valence-corrected chi connectivity index (χ2v) is 9.71. The smallest absolute Gasteiger partial charge is 0.250 e. The van der Waals surface area contributed by atoms with E-state index in [0.717, 1.165) is 17.0 Å². The van der Waals surface area contributed by atoms with E-state index in [1.54, 1.807) is 44.4 Å². The number of benzene rings is 3. The molecule has 0 bridgehead atoms. The Bertz CT molecular complexity index is 1410. The summed E-state index contributed by atoms with van der Waals surface area (Å²) in [4.78, 5) is 12.5. The SMILES string of the molecule is COc1ccc(-c2nnc(SCC(=O)NN=C(C)c3ccc(Cl)cc3Cl)n2-c2ccc(Cl)cc2)cc1. The Kier molecular flexibility index (Phi) is 8.53. The van der Waals surface area contributed by atoms with Crippen LogP contribution in [0.5, 0.6) is 5.75 Å². The zero-order valence-electron chi connectivity index (χ0n) is 19.2. The first-order valence-corrected chi connectivity index (χ1v) is 12.7. The van der Waals surface area contributed by atoms with Gasteiger partial charge in [0.1, 0.15) is 5.75 Å². The van der Waals surface area contributed by atoms with Crippen molar-refractivity contribution in [3.8, 4) is 22.8 Å². The van der Waals surface area contributed by atoms with E-state index in [1.165, 1.54) is 11.8 Å². The van der Waals surface area contributed by atoms with Crippen LogP contribution >= 0.6 is 46.6 Å². The van der Waals surface area contributed by atoms with Crippen LogP contribution in [0.25, 0.3) is 17.1 Å². The molecule has 1 N–H and O–H groups in total. The largest absolute Gasteiger partial charge is 0.497 e. The summed E-state index contributed by atoms with van der Waals surface area (Å²) in [5, 5.41) is 15.0. The van der Waals surface area contributed by atoms with Gasteiger partial charge in [0.05, 0.1) is 23.6 Å². The van der Waals surface area contributed by atoms with Crippen LogP contribution in [0.15, 0.2) is 77.0 Å². The minimum Gasteiger partial charge on any atom is -0.497 e. The van der Waals surface area contributed by atoms with Crippen LogP contribution in [-0.4, -0.2) is 39.2 Å². The van der Waals surface area contributed by atoms with Gasteiger partial charge in [-0.2, -0.15) is 5.10 Å². The molecule has 4 rings (SSSR count). The first kappa shape index (κ1) is 26.0. The molecule has 0 unspecified atom stereocenters. The lowest BCUT2D eigenvalue weighted by Crippen LogP contribution is -2.21. The van der Waals surface area contributed by atoms with Crippen molar-refractivity contribution in [1.82, 2.24) is 20.2 Å². The quantitative estimate of drug-likeness (QED) is 0.150. The molecule has 0 radical (unpaired) electrons. The molecule has 184 valence electrons. The molecule has 7 nitrogen and oxygen atoms in total. The number of hydrogen-bond donors (Lipinski definition) is 1. The van der Waals surface area contributed by atoms with Gasteiger partial charge in [-0.15, -0.1) is 10.2 Å². The number of nitrogens with one attached hydrogen (secondary N) is 1. The Morgan fingerprint density at radius 1 is 1.00 bits per heavy atom. The Morgan fingerprint density at radius 2 is 1.69 bits per heavy atom. The number of hydrazone groups is 1. The van der Waals surface area contributed by atoms with Crippen LogP contribution in [0.1, 0.15) is 12.5 Å². The summed E-state index contributed by atoms with van der Waals surface area (Å²) in [6.45, 7) is 1.75. The summed E-state index contributed by atoms with van der Waals surface area (Å²) in [7, 11) is 1.61. The average molecular weight is 561 g/mol. The molecule has 0 saturated heterocycles. The van der Waals surface area contributed by atoms with Crippen molar-refractivity contribution in [3.05, 3.63) is 87.4 Å². The maximum Gasteiger partial charge on any atom is 0.250 e. The number of methoxy groups -OCH3 is 1. The summed E-state index contributed by atoms with van der Waals surface area (Å²) in [5.74, 6) is 1.12. The molecule has 1 heterocycles. The topological polar surface area (TPSA) is 81.4 Å². The van der Waals surface area contributed by atoms with Gasteiger partial charge < -0.3 is 4.74 Å². The van der Waals surface area contributed by atoms with E-state index in [1.807, 2.05) is 41.0 Å². The normalized spacial score (nSPS) is 11.4. The van der Waals surface area contributed by atoms with Crippen molar-refractivity contribution in [2.75, 3.05) is 12.9 Å². The van der Waals surface area contributed by atoms with Gasteiger partial charge in [0.2, 0.25) is 0 Å². The second kappa shape index (κ2) is 11.8. The molecule has 36 heavy (non-hydrogen) atoms. The highest BCUT2D eigenvalue weighted by Crippen LogP contribution is 2.29. The fraction of sp³-hybridized carbons (Fsp3) is 0.120. The summed E-state index contributed by atoms with van der Waals surface area (Å²) < 4.78 is 7.13. The van der Waals surface area contributed by atoms with E-state index < -0.39 is 0 Å².